The molecular weight excluding hydrogens is 364 g/mol. The van der Waals surface area contributed by atoms with Gasteiger partial charge in [-0.15, -0.1) is 0 Å². The predicted octanol–water partition coefficient (Wildman–Crippen LogP) is 3.67. The second-order valence-electron chi connectivity index (χ2n) is 7.25. The van der Waals surface area contributed by atoms with E-state index in [1.807, 2.05) is 70.2 Å². The van der Waals surface area contributed by atoms with Gasteiger partial charge >= 0.3 is 0 Å². The standard InChI is InChI=1S/C24H32N2O3/c1-5-22(24(28)25-6-2)26(13-12-20-10-8-7-9-11-20)23(27)17-29-21-15-18(3)14-19(4)16-21/h7-11,14-16,22H,5-6,12-13,17H2,1-4H3,(H,25,28)/t22-/m1/s1. The van der Waals surface area contributed by atoms with E-state index in [1.165, 1.54) is 0 Å². The Balaban J connectivity index is 2.12. The number of benzene rings is 2. The van der Waals surface area contributed by atoms with E-state index in [2.05, 4.69) is 11.4 Å². The number of carbonyl (C=O) groups excluding carboxylic acids is 2. The van der Waals surface area contributed by atoms with Crippen molar-refractivity contribution >= 4 is 11.8 Å². The molecular formula is C24H32N2O3. The first-order valence-electron chi connectivity index (χ1n) is 10.3. The van der Waals surface area contributed by atoms with Crippen molar-refractivity contribution in [2.45, 2.75) is 46.6 Å². The van der Waals surface area contributed by atoms with Crippen LogP contribution in [0.25, 0.3) is 0 Å². The van der Waals surface area contributed by atoms with Gasteiger partial charge in [0.15, 0.2) is 6.61 Å². The summed E-state index contributed by atoms with van der Waals surface area (Å²) in [6.45, 7) is 8.71. The minimum Gasteiger partial charge on any atom is -0.484 e. The van der Waals surface area contributed by atoms with Gasteiger partial charge in [0.1, 0.15) is 11.8 Å². The van der Waals surface area contributed by atoms with Gasteiger partial charge in [-0.2, -0.15) is 0 Å². The Morgan fingerprint density at radius 1 is 1.03 bits per heavy atom. The summed E-state index contributed by atoms with van der Waals surface area (Å²) < 4.78 is 5.77. The molecule has 0 unspecified atom stereocenters. The van der Waals surface area contributed by atoms with Gasteiger partial charge < -0.3 is 15.0 Å². The van der Waals surface area contributed by atoms with Gasteiger partial charge in [-0.25, -0.2) is 0 Å². The average Bonchev–Trinajstić information content (AvgIpc) is 2.69. The molecule has 0 spiro atoms. The molecule has 156 valence electrons. The van der Waals surface area contributed by atoms with Gasteiger partial charge in [-0.05, 0) is 62.4 Å². The third-order valence-electron chi connectivity index (χ3n) is 4.78. The summed E-state index contributed by atoms with van der Waals surface area (Å²) >= 11 is 0. The van der Waals surface area contributed by atoms with Crippen LogP contribution in [0.1, 0.15) is 37.0 Å². The molecule has 0 aromatic heterocycles. The molecule has 0 fully saturated rings. The number of hydrogen-bond acceptors (Lipinski definition) is 3. The Hall–Kier alpha value is -2.82. The lowest BCUT2D eigenvalue weighted by molar-refractivity contribution is -0.142. The van der Waals surface area contributed by atoms with Gasteiger partial charge in [-0.3, -0.25) is 9.59 Å². The van der Waals surface area contributed by atoms with Crippen molar-refractivity contribution in [1.82, 2.24) is 10.2 Å². The Kier molecular flexibility index (Phi) is 8.71. The molecule has 2 amide bonds. The molecule has 2 rings (SSSR count). The topological polar surface area (TPSA) is 58.6 Å². The SMILES string of the molecule is CCNC(=O)[C@@H](CC)N(CCc1ccccc1)C(=O)COc1cc(C)cc(C)c1. The van der Waals surface area contributed by atoms with E-state index in [-0.39, 0.29) is 18.4 Å². The third kappa shape index (κ3) is 6.93. The maximum Gasteiger partial charge on any atom is 0.261 e. The molecule has 0 heterocycles. The number of ether oxygens (including phenoxy) is 1. The van der Waals surface area contributed by atoms with Crippen molar-refractivity contribution in [3.8, 4) is 5.75 Å². The Bertz CT molecular complexity index is 785. The fourth-order valence-electron chi connectivity index (χ4n) is 3.43. The minimum absolute atomic E-state index is 0.0897. The highest BCUT2D eigenvalue weighted by Gasteiger charge is 2.28. The van der Waals surface area contributed by atoms with Crippen LogP contribution in [0.15, 0.2) is 48.5 Å². The molecule has 0 saturated heterocycles. The summed E-state index contributed by atoms with van der Waals surface area (Å²) in [6.07, 6.45) is 1.24. The number of nitrogens with zero attached hydrogens (tertiary/aromatic N) is 1. The average molecular weight is 397 g/mol. The Morgan fingerprint density at radius 2 is 1.69 bits per heavy atom. The van der Waals surface area contributed by atoms with E-state index in [4.69, 9.17) is 4.74 Å². The van der Waals surface area contributed by atoms with Crippen LogP contribution < -0.4 is 10.1 Å². The second kappa shape index (κ2) is 11.2. The summed E-state index contributed by atoms with van der Waals surface area (Å²) in [6, 6.07) is 15.4. The van der Waals surface area contributed by atoms with Crippen LogP contribution in [0, 0.1) is 13.8 Å². The molecule has 0 aliphatic heterocycles. The number of nitrogens with one attached hydrogen (secondary N) is 1. The van der Waals surface area contributed by atoms with Crippen LogP contribution in [0.5, 0.6) is 5.75 Å². The zero-order valence-corrected chi connectivity index (χ0v) is 17.9. The number of likely N-dealkylation sites (N-methyl/N-ethyl adjacent to an activating group) is 1. The van der Waals surface area contributed by atoms with Gasteiger partial charge in [0.2, 0.25) is 5.91 Å². The van der Waals surface area contributed by atoms with Crippen molar-refractivity contribution in [3.63, 3.8) is 0 Å². The summed E-state index contributed by atoms with van der Waals surface area (Å²) in [5, 5.41) is 2.85. The van der Waals surface area contributed by atoms with Crippen LogP contribution in [0.4, 0.5) is 0 Å². The van der Waals surface area contributed by atoms with E-state index in [1.54, 1.807) is 4.90 Å². The monoisotopic (exact) mass is 396 g/mol. The smallest absolute Gasteiger partial charge is 0.261 e. The maximum atomic E-state index is 13.0. The van der Waals surface area contributed by atoms with Gasteiger partial charge in [0, 0.05) is 13.1 Å². The quantitative estimate of drug-likeness (QED) is 0.667. The van der Waals surface area contributed by atoms with Crippen LogP contribution >= 0.6 is 0 Å². The highest BCUT2D eigenvalue weighted by atomic mass is 16.5. The van der Waals surface area contributed by atoms with Crippen LogP contribution in [-0.4, -0.2) is 42.5 Å². The molecule has 29 heavy (non-hydrogen) atoms. The molecule has 0 bridgehead atoms. The molecule has 2 aromatic carbocycles. The van der Waals surface area contributed by atoms with E-state index in [0.717, 1.165) is 16.7 Å². The van der Waals surface area contributed by atoms with Crippen molar-refractivity contribution < 1.29 is 14.3 Å². The number of aryl methyl sites for hydroxylation is 2. The lowest BCUT2D eigenvalue weighted by Crippen LogP contribution is -2.51. The lowest BCUT2D eigenvalue weighted by atomic mass is 10.1. The Labute approximate surface area is 174 Å². The van der Waals surface area contributed by atoms with Crippen LogP contribution in [0.2, 0.25) is 0 Å². The highest BCUT2D eigenvalue weighted by Crippen LogP contribution is 2.17. The molecule has 5 nitrogen and oxygen atoms in total. The summed E-state index contributed by atoms with van der Waals surface area (Å²) in [5.41, 5.74) is 3.30. The maximum absolute atomic E-state index is 13.0. The largest absolute Gasteiger partial charge is 0.484 e. The number of hydrogen-bond donors (Lipinski definition) is 1. The lowest BCUT2D eigenvalue weighted by Gasteiger charge is -2.30. The fraction of sp³-hybridized carbons (Fsp3) is 0.417. The molecule has 2 aromatic rings. The fourth-order valence-corrected chi connectivity index (χ4v) is 3.43. The van der Waals surface area contributed by atoms with Crippen molar-refractivity contribution in [2.75, 3.05) is 19.7 Å². The number of carbonyl (C=O) groups is 2. The molecule has 0 saturated carbocycles. The summed E-state index contributed by atoms with van der Waals surface area (Å²) in [5.74, 6) is 0.367. The second-order valence-corrected chi connectivity index (χ2v) is 7.25. The molecule has 1 atom stereocenters. The molecule has 5 heteroatoms. The zero-order valence-electron chi connectivity index (χ0n) is 17.9. The van der Waals surface area contributed by atoms with E-state index < -0.39 is 6.04 Å². The van der Waals surface area contributed by atoms with E-state index in [9.17, 15) is 9.59 Å². The van der Waals surface area contributed by atoms with Crippen molar-refractivity contribution in [3.05, 3.63) is 65.2 Å². The van der Waals surface area contributed by atoms with Gasteiger partial charge in [-0.1, -0.05) is 43.3 Å². The molecule has 0 radical (unpaired) electrons. The minimum atomic E-state index is -0.506. The summed E-state index contributed by atoms with van der Waals surface area (Å²) in [4.78, 5) is 27.2. The number of rotatable bonds is 10. The zero-order chi connectivity index (χ0) is 21.2. The van der Waals surface area contributed by atoms with Crippen molar-refractivity contribution in [2.24, 2.45) is 0 Å². The van der Waals surface area contributed by atoms with Crippen LogP contribution in [0.3, 0.4) is 0 Å². The Morgan fingerprint density at radius 3 is 2.28 bits per heavy atom. The van der Waals surface area contributed by atoms with E-state index >= 15 is 0 Å². The first-order chi connectivity index (χ1) is 13.9. The highest BCUT2D eigenvalue weighted by molar-refractivity contribution is 5.88. The van der Waals surface area contributed by atoms with Gasteiger partial charge in [0.05, 0.1) is 0 Å². The number of amides is 2. The van der Waals surface area contributed by atoms with Crippen molar-refractivity contribution in [1.29, 1.82) is 0 Å². The first-order valence-corrected chi connectivity index (χ1v) is 10.3. The molecule has 1 N–H and O–H groups in total. The van der Waals surface area contributed by atoms with Crippen LogP contribution in [-0.2, 0) is 16.0 Å². The molecule has 0 aliphatic carbocycles. The predicted molar refractivity (Wildman–Crippen MR) is 116 cm³/mol. The molecule has 0 aliphatic rings. The van der Waals surface area contributed by atoms with E-state index in [0.29, 0.717) is 31.7 Å². The first kappa shape index (κ1) is 22.5. The normalized spacial score (nSPS) is 11.6. The van der Waals surface area contributed by atoms with Gasteiger partial charge in [0.25, 0.3) is 5.91 Å². The summed E-state index contributed by atoms with van der Waals surface area (Å²) in [7, 11) is 0. The third-order valence-corrected chi connectivity index (χ3v) is 4.78.